The van der Waals surface area contributed by atoms with Crippen LogP contribution in [0.15, 0.2) is 18.2 Å². The maximum Gasteiger partial charge on any atom is 0.244 e. The number of hydrogen-bond donors (Lipinski definition) is 2. The highest BCUT2D eigenvalue weighted by Gasteiger charge is 2.27. The van der Waals surface area contributed by atoms with Gasteiger partial charge in [-0.1, -0.05) is 18.2 Å². The van der Waals surface area contributed by atoms with Gasteiger partial charge in [0.25, 0.3) is 0 Å². The van der Waals surface area contributed by atoms with Crippen LogP contribution in [0.2, 0.25) is 0 Å². The van der Waals surface area contributed by atoms with Crippen LogP contribution in [-0.4, -0.2) is 42.4 Å². The molecule has 2 rings (SSSR count). The topological polar surface area (TPSA) is 61.4 Å². The van der Waals surface area contributed by atoms with E-state index in [0.29, 0.717) is 6.54 Å². The van der Waals surface area contributed by atoms with Crippen molar-refractivity contribution in [2.24, 2.45) is 0 Å². The Morgan fingerprint density at radius 1 is 1.32 bits per heavy atom. The summed E-state index contributed by atoms with van der Waals surface area (Å²) in [5.41, 5.74) is 2.90. The number of carbonyl (C=O) groups excluding carboxylic acids is 2. The first-order chi connectivity index (χ1) is 10.5. The Labute approximate surface area is 132 Å². The number of hydrogen-bond acceptors (Lipinski definition) is 3. The fraction of sp³-hybridized carbons (Fsp3) is 0.529. The van der Waals surface area contributed by atoms with Crippen molar-refractivity contribution < 1.29 is 9.59 Å². The molecule has 120 valence electrons. The van der Waals surface area contributed by atoms with Crippen molar-refractivity contribution in [2.45, 2.75) is 39.7 Å². The van der Waals surface area contributed by atoms with Crippen LogP contribution in [0.3, 0.4) is 0 Å². The molecule has 22 heavy (non-hydrogen) atoms. The molecule has 0 aromatic heterocycles. The van der Waals surface area contributed by atoms with Crippen molar-refractivity contribution in [3.05, 3.63) is 29.3 Å². The summed E-state index contributed by atoms with van der Waals surface area (Å²) in [6.07, 6.45) is 1.87. The van der Waals surface area contributed by atoms with Crippen LogP contribution in [0, 0.1) is 13.8 Å². The zero-order valence-corrected chi connectivity index (χ0v) is 13.6. The van der Waals surface area contributed by atoms with Crippen LogP contribution in [0.5, 0.6) is 0 Å². The fourth-order valence-corrected chi connectivity index (χ4v) is 2.83. The van der Waals surface area contributed by atoms with Gasteiger partial charge in [0.1, 0.15) is 0 Å². The van der Waals surface area contributed by atoms with Crippen LogP contribution >= 0.6 is 0 Å². The van der Waals surface area contributed by atoms with Gasteiger partial charge in [-0.2, -0.15) is 0 Å². The second kappa shape index (κ2) is 7.40. The zero-order valence-electron chi connectivity index (χ0n) is 13.6. The summed E-state index contributed by atoms with van der Waals surface area (Å²) in [5.74, 6) is -0.123. The molecule has 0 spiro atoms. The molecule has 1 aliphatic heterocycles. The van der Waals surface area contributed by atoms with Crippen molar-refractivity contribution in [1.82, 2.24) is 10.2 Å². The van der Waals surface area contributed by atoms with Gasteiger partial charge in [0, 0.05) is 12.2 Å². The lowest BCUT2D eigenvalue weighted by atomic mass is 10.1. The van der Waals surface area contributed by atoms with Crippen molar-refractivity contribution in [2.75, 3.05) is 25.0 Å². The summed E-state index contributed by atoms with van der Waals surface area (Å²) in [5, 5.41) is 6.12. The number of aryl methyl sites for hydroxylation is 2. The van der Waals surface area contributed by atoms with Crippen LogP contribution < -0.4 is 10.6 Å². The van der Waals surface area contributed by atoms with E-state index in [9.17, 15) is 9.59 Å². The fourth-order valence-electron chi connectivity index (χ4n) is 2.83. The molecule has 1 aromatic carbocycles. The first-order valence-electron chi connectivity index (χ1n) is 7.91. The van der Waals surface area contributed by atoms with E-state index in [4.69, 9.17) is 0 Å². The van der Waals surface area contributed by atoms with Gasteiger partial charge in [0.2, 0.25) is 11.8 Å². The number of anilines is 1. The molecule has 1 unspecified atom stereocenters. The standard InChI is InChI=1S/C17H25N3O2/c1-4-20(17(22)14-9-6-10-18-14)11-15(21)19-16-12(2)7-5-8-13(16)3/h5,7-8,14,18H,4,6,9-11H2,1-3H3,(H,19,21). The third-order valence-corrected chi connectivity index (χ3v) is 4.13. The Morgan fingerprint density at radius 2 is 2.00 bits per heavy atom. The van der Waals surface area contributed by atoms with Crippen molar-refractivity contribution in [1.29, 1.82) is 0 Å². The lowest BCUT2D eigenvalue weighted by Gasteiger charge is -2.24. The Morgan fingerprint density at radius 3 is 2.55 bits per heavy atom. The number of amides is 2. The Balaban J connectivity index is 1.98. The smallest absolute Gasteiger partial charge is 0.244 e. The molecule has 2 N–H and O–H groups in total. The Bertz CT molecular complexity index is 531. The van der Waals surface area contributed by atoms with E-state index >= 15 is 0 Å². The summed E-state index contributed by atoms with van der Waals surface area (Å²) < 4.78 is 0. The average Bonchev–Trinajstić information content (AvgIpc) is 3.02. The second-order valence-electron chi connectivity index (χ2n) is 5.82. The van der Waals surface area contributed by atoms with Gasteiger partial charge in [-0.05, 0) is 51.3 Å². The highest BCUT2D eigenvalue weighted by molar-refractivity contribution is 5.96. The molecule has 2 amide bonds. The molecule has 1 heterocycles. The molecular formula is C17H25N3O2. The maximum absolute atomic E-state index is 12.4. The zero-order chi connectivity index (χ0) is 16.1. The largest absolute Gasteiger partial charge is 0.332 e. The van der Waals surface area contributed by atoms with Crippen molar-refractivity contribution in [3.63, 3.8) is 0 Å². The third kappa shape index (κ3) is 3.85. The van der Waals surface area contributed by atoms with Crippen LogP contribution in [-0.2, 0) is 9.59 Å². The molecule has 5 nitrogen and oxygen atoms in total. The molecular weight excluding hydrogens is 278 g/mol. The van der Waals surface area contributed by atoms with E-state index in [1.165, 1.54) is 0 Å². The molecule has 1 saturated heterocycles. The predicted molar refractivity (Wildman–Crippen MR) is 87.8 cm³/mol. The summed E-state index contributed by atoms with van der Waals surface area (Å²) in [6.45, 7) is 7.35. The van der Waals surface area contributed by atoms with Gasteiger partial charge in [0.05, 0.1) is 12.6 Å². The molecule has 1 aromatic rings. The first kappa shape index (κ1) is 16.5. The SMILES string of the molecule is CCN(CC(=O)Nc1c(C)cccc1C)C(=O)C1CCCN1. The van der Waals surface area contributed by atoms with Gasteiger partial charge in [0.15, 0.2) is 0 Å². The number of carbonyl (C=O) groups is 2. The minimum atomic E-state index is -0.148. The number of nitrogens with one attached hydrogen (secondary N) is 2. The molecule has 0 saturated carbocycles. The minimum absolute atomic E-state index is 0.0247. The Kier molecular flexibility index (Phi) is 5.55. The molecule has 1 aliphatic rings. The van der Waals surface area contributed by atoms with Crippen LogP contribution in [0.4, 0.5) is 5.69 Å². The number of benzene rings is 1. The van der Waals surface area contributed by atoms with Gasteiger partial charge in [-0.3, -0.25) is 9.59 Å². The maximum atomic E-state index is 12.4. The Hall–Kier alpha value is -1.88. The van der Waals surface area contributed by atoms with Crippen LogP contribution in [0.1, 0.15) is 30.9 Å². The van der Waals surface area contributed by atoms with E-state index < -0.39 is 0 Å². The summed E-state index contributed by atoms with van der Waals surface area (Å²) in [4.78, 5) is 26.3. The van der Waals surface area contributed by atoms with Gasteiger partial charge >= 0.3 is 0 Å². The highest BCUT2D eigenvalue weighted by Crippen LogP contribution is 2.19. The summed E-state index contributed by atoms with van der Waals surface area (Å²) in [6, 6.07) is 5.77. The van der Waals surface area contributed by atoms with E-state index in [1.54, 1.807) is 4.90 Å². The highest BCUT2D eigenvalue weighted by atomic mass is 16.2. The minimum Gasteiger partial charge on any atom is -0.332 e. The van der Waals surface area contributed by atoms with Crippen molar-refractivity contribution in [3.8, 4) is 0 Å². The molecule has 0 aliphatic carbocycles. The summed E-state index contributed by atoms with van der Waals surface area (Å²) >= 11 is 0. The molecule has 0 radical (unpaired) electrons. The van der Waals surface area contributed by atoms with Gasteiger partial charge < -0.3 is 15.5 Å². The second-order valence-corrected chi connectivity index (χ2v) is 5.82. The van der Waals surface area contributed by atoms with Gasteiger partial charge in [-0.25, -0.2) is 0 Å². The predicted octanol–water partition coefficient (Wildman–Crippen LogP) is 1.84. The molecule has 1 atom stereocenters. The number of likely N-dealkylation sites (N-methyl/N-ethyl adjacent to an activating group) is 1. The summed E-state index contributed by atoms with van der Waals surface area (Å²) in [7, 11) is 0. The molecule has 1 fully saturated rings. The third-order valence-electron chi connectivity index (χ3n) is 4.13. The van der Waals surface area contributed by atoms with E-state index in [-0.39, 0.29) is 24.4 Å². The van der Waals surface area contributed by atoms with Crippen molar-refractivity contribution >= 4 is 17.5 Å². The monoisotopic (exact) mass is 303 g/mol. The van der Waals surface area contributed by atoms with E-state index in [1.807, 2.05) is 39.0 Å². The number of para-hydroxylation sites is 1. The van der Waals surface area contributed by atoms with E-state index in [0.717, 1.165) is 36.2 Å². The quantitative estimate of drug-likeness (QED) is 0.872. The van der Waals surface area contributed by atoms with E-state index in [2.05, 4.69) is 10.6 Å². The molecule has 5 heteroatoms. The number of rotatable bonds is 5. The lowest BCUT2D eigenvalue weighted by molar-refractivity contribution is -0.136. The lowest BCUT2D eigenvalue weighted by Crippen LogP contribution is -2.46. The van der Waals surface area contributed by atoms with Gasteiger partial charge in [-0.15, -0.1) is 0 Å². The number of nitrogens with zero attached hydrogens (tertiary/aromatic N) is 1. The first-order valence-corrected chi connectivity index (χ1v) is 7.91. The average molecular weight is 303 g/mol. The molecule has 0 bridgehead atoms. The van der Waals surface area contributed by atoms with Crippen LogP contribution in [0.25, 0.3) is 0 Å². The normalized spacial score (nSPS) is 17.3.